The maximum Gasteiger partial charge on any atom is 0.223 e. The molecule has 1 N–H and O–H groups in total. The second-order valence-corrected chi connectivity index (χ2v) is 10.7. The van der Waals surface area contributed by atoms with Crippen LogP contribution in [0.4, 0.5) is 0 Å². The maximum atomic E-state index is 12.5. The highest BCUT2D eigenvalue weighted by atomic mass is 32.2. The van der Waals surface area contributed by atoms with E-state index in [-0.39, 0.29) is 22.8 Å². The Balaban J connectivity index is 2.01. The second kappa shape index (κ2) is 8.06. The number of benzene rings is 1. The van der Waals surface area contributed by atoms with Gasteiger partial charge in [0.25, 0.3) is 0 Å². The third-order valence-corrected chi connectivity index (χ3v) is 7.16. The first-order chi connectivity index (χ1) is 12.0. The first-order valence-corrected chi connectivity index (χ1v) is 12.3. The molecule has 0 bridgehead atoms. The molecule has 7 nitrogen and oxygen atoms in total. The van der Waals surface area contributed by atoms with Crippen molar-refractivity contribution in [2.24, 2.45) is 5.92 Å². The topological polar surface area (TPSA) is 101 Å². The molecule has 1 amide bonds. The number of amides is 1. The fraction of sp³-hybridized carbons (Fsp3) is 0.588. The van der Waals surface area contributed by atoms with Crippen molar-refractivity contribution in [2.75, 3.05) is 25.6 Å². The van der Waals surface area contributed by atoms with Gasteiger partial charge in [-0.1, -0.05) is 19.1 Å². The van der Waals surface area contributed by atoms with Gasteiger partial charge < -0.3 is 5.32 Å². The van der Waals surface area contributed by atoms with Gasteiger partial charge >= 0.3 is 0 Å². The lowest BCUT2D eigenvalue weighted by Crippen LogP contribution is -2.43. The van der Waals surface area contributed by atoms with Gasteiger partial charge in [-0.2, -0.15) is 0 Å². The summed E-state index contributed by atoms with van der Waals surface area (Å²) >= 11 is 0. The van der Waals surface area contributed by atoms with E-state index < -0.39 is 19.9 Å². The molecule has 1 atom stereocenters. The van der Waals surface area contributed by atoms with Crippen LogP contribution in [0.1, 0.15) is 37.8 Å². The molecule has 0 spiro atoms. The van der Waals surface area contributed by atoms with Gasteiger partial charge in [0.15, 0.2) is 9.84 Å². The molecule has 1 aromatic rings. The van der Waals surface area contributed by atoms with Crippen molar-refractivity contribution in [1.82, 2.24) is 9.62 Å². The zero-order valence-corrected chi connectivity index (χ0v) is 16.9. The van der Waals surface area contributed by atoms with Gasteiger partial charge in [0.1, 0.15) is 0 Å². The van der Waals surface area contributed by atoms with Gasteiger partial charge in [0, 0.05) is 25.3 Å². The summed E-state index contributed by atoms with van der Waals surface area (Å²) in [5.74, 6) is -0.297. The smallest absolute Gasteiger partial charge is 0.223 e. The molecule has 1 saturated heterocycles. The second-order valence-electron chi connectivity index (χ2n) is 6.75. The van der Waals surface area contributed by atoms with Gasteiger partial charge in [-0.15, -0.1) is 0 Å². The van der Waals surface area contributed by atoms with Crippen LogP contribution in [0.25, 0.3) is 0 Å². The minimum absolute atomic E-state index is 0.0859. The highest BCUT2D eigenvalue weighted by molar-refractivity contribution is 7.90. The summed E-state index contributed by atoms with van der Waals surface area (Å²) in [6, 6.07) is 6.33. The zero-order chi connectivity index (χ0) is 19.5. The first kappa shape index (κ1) is 20.9. The minimum atomic E-state index is -3.25. The lowest BCUT2D eigenvalue weighted by molar-refractivity contribution is -0.126. The predicted molar refractivity (Wildman–Crippen MR) is 99.9 cm³/mol. The van der Waals surface area contributed by atoms with Crippen molar-refractivity contribution in [1.29, 1.82) is 0 Å². The number of sulfonamides is 1. The van der Waals surface area contributed by atoms with Crippen LogP contribution in [0, 0.1) is 5.92 Å². The lowest BCUT2D eigenvalue weighted by Gasteiger charge is -2.30. The molecule has 1 heterocycles. The van der Waals surface area contributed by atoms with E-state index in [9.17, 15) is 21.6 Å². The Labute approximate surface area is 155 Å². The molecule has 26 heavy (non-hydrogen) atoms. The molecular formula is C17H26N2O5S2. The van der Waals surface area contributed by atoms with Crippen LogP contribution in [0.2, 0.25) is 0 Å². The molecule has 146 valence electrons. The van der Waals surface area contributed by atoms with E-state index in [1.807, 2.05) is 6.92 Å². The number of carbonyl (C=O) groups is 1. The van der Waals surface area contributed by atoms with Crippen LogP contribution in [0.3, 0.4) is 0 Å². The average molecular weight is 403 g/mol. The van der Waals surface area contributed by atoms with E-state index in [0.717, 1.165) is 11.8 Å². The first-order valence-electron chi connectivity index (χ1n) is 8.58. The third kappa shape index (κ3) is 5.28. The third-order valence-electron chi connectivity index (χ3n) is 4.73. The van der Waals surface area contributed by atoms with E-state index in [1.54, 1.807) is 24.3 Å². The minimum Gasteiger partial charge on any atom is -0.349 e. The van der Waals surface area contributed by atoms with Crippen molar-refractivity contribution in [3.63, 3.8) is 0 Å². The highest BCUT2D eigenvalue weighted by Crippen LogP contribution is 2.23. The Morgan fingerprint density at radius 1 is 1.12 bits per heavy atom. The van der Waals surface area contributed by atoms with E-state index >= 15 is 0 Å². The summed E-state index contributed by atoms with van der Waals surface area (Å²) in [5.41, 5.74) is 0.849. The fourth-order valence-electron chi connectivity index (χ4n) is 3.11. The van der Waals surface area contributed by atoms with Crippen LogP contribution in [0.15, 0.2) is 29.2 Å². The number of hydrogen-bond acceptors (Lipinski definition) is 5. The Morgan fingerprint density at radius 3 is 2.08 bits per heavy atom. The molecule has 1 aliphatic heterocycles. The van der Waals surface area contributed by atoms with Gasteiger partial charge in [-0.25, -0.2) is 21.1 Å². The van der Waals surface area contributed by atoms with Gasteiger partial charge in [-0.05, 0) is 37.0 Å². The molecule has 0 unspecified atom stereocenters. The molecule has 9 heteroatoms. The molecule has 1 fully saturated rings. The SMILES string of the molecule is CC[C@H](NC(=O)C1CCN(S(C)(=O)=O)CC1)c1ccc(S(C)(=O)=O)cc1. The van der Waals surface area contributed by atoms with Crippen LogP contribution in [0.5, 0.6) is 0 Å². The zero-order valence-electron chi connectivity index (χ0n) is 15.3. The van der Waals surface area contributed by atoms with Crippen LogP contribution >= 0.6 is 0 Å². The number of carbonyl (C=O) groups excluding carboxylic acids is 1. The summed E-state index contributed by atoms with van der Waals surface area (Å²) < 4.78 is 47.6. The van der Waals surface area contributed by atoms with E-state index in [1.165, 1.54) is 10.6 Å². The fourth-order valence-corrected chi connectivity index (χ4v) is 4.61. The average Bonchev–Trinajstić information content (AvgIpc) is 2.58. The molecule has 1 aliphatic rings. The Hall–Kier alpha value is -1.45. The van der Waals surface area contributed by atoms with Crippen LogP contribution in [-0.4, -0.2) is 52.6 Å². The van der Waals surface area contributed by atoms with Crippen molar-refractivity contribution in [3.05, 3.63) is 29.8 Å². The number of sulfone groups is 1. The Bertz CT molecular complexity index is 840. The molecule has 0 radical (unpaired) electrons. The molecule has 1 aromatic carbocycles. The Kier molecular flexibility index (Phi) is 6.46. The molecule has 2 rings (SSSR count). The van der Waals surface area contributed by atoms with Crippen LogP contribution < -0.4 is 5.32 Å². The monoisotopic (exact) mass is 402 g/mol. The maximum absolute atomic E-state index is 12.5. The molecule has 0 saturated carbocycles. The summed E-state index contributed by atoms with van der Waals surface area (Å²) in [6.45, 7) is 2.66. The quantitative estimate of drug-likeness (QED) is 0.774. The van der Waals surface area contributed by atoms with Crippen molar-refractivity contribution in [3.8, 4) is 0 Å². The molecule has 0 aliphatic carbocycles. The standard InChI is InChI=1S/C17H26N2O5S2/c1-4-16(13-5-7-15(8-6-13)25(2,21)22)18-17(20)14-9-11-19(12-10-14)26(3,23)24/h5-8,14,16H,4,9-12H2,1-3H3,(H,18,20)/t16-/m0/s1. The largest absolute Gasteiger partial charge is 0.349 e. The summed E-state index contributed by atoms with van der Waals surface area (Å²) in [4.78, 5) is 12.8. The Morgan fingerprint density at radius 2 is 1.65 bits per heavy atom. The summed E-state index contributed by atoms with van der Waals surface area (Å²) in [5, 5.41) is 3.01. The number of nitrogens with one attached hydrogen (secondary N) is 1. The highest BCUT2D eigenvalue weighted by Gasteiger charge is 2.29. The number of nitrogens with zero attached hydrogens (tertiary/aromatic N) is 1. The van der Waals surface area contributed by atoms with E-state index in [0.29, 0.717) is 32.4 Å². The van der Waals surface area contributed by atoms with Crippen molar-refractivity contribution in [2.45, 2.75) is 37.1 Å². The van der Waals surface area contributed by atoms with Gasteiger partial charge in [-0.3, -0.25) is 4.79 Å². The van der Waals surface area contributed by atoms with Crippen molar-refractivity contribution < 1.29 is 21.6 Å². The predicted octanol–water partition coefficient (Wildman–Crippen LogP) is 1.33. The normalized spacial score (nSPS) is 18.4. The van der Waals surface area contributed by atoms with Crippen LogP contribution in [-0.2, 0) is 24.7 Å². The van der Waals surface area contributed by atoms with Crippen molar-refractivity contribution >= 4 is 25.8 Å². The summed E-state index contributed by atoms with van der Waals surface area (Å²) in [7, 11) is -6.46. The lowest BCUT2D eigenvalue weighted by atomic mass is 9.96. The number of piperidine rings is 1. The van der Waals surface area contributed by atoms with Gasteiger partial charge in [0.2, 0.25) is 15.9 Å². The number of rotatable bonds is 6. The summed E-state index contributed by atoms with van der Waals surface area (Å²) in [6.07, 6.45) is 4.02. The molecular weight excluding hydrogens is 376 g/mol. The van der Waals surface area contributed by atoms with E-state index in [2.05, 4.69) is 5.32 Å². The number of hydrogen-bond donors (Lipinski definition) is 1. The molecule has 0 aromatic heterocycles. The van der Waals surface area contributed by atoms with Gasteiger partial charge in [0.05, 0.1) is 17.2 Å². The van der Waals surface area contributed by atoms with E-state index in [4.69, 9.17) is 0 Å².